The number of anilines is 1. The van der Waals surface area contributed by atoms with Crippen LogP contribution in [0.15, 0.2) is 53.1 Å². The predicted octanol–water partition coefficient (Wildman–Crippen LogP) is 3.40. The summed E-state index contributed by atoms with van der Waals surface area (Å²) in [5.74, 6) is -2.23. The zero-order valence-electron chi connectivity index (χ0n) is 17.3. The van der Waals surface area contributed by atoms with Crippen molar-refractivity contribution in [2.24, 2.45) is 0 Å². The van der Waals surface area contributed by atoms with Gasteiger partial charge >= 0.3 is 18.2 Å². The number of hydrogen-bond donors (Lipinski definition) is 1. The van der Waals surface area contributed by atoms with Gasteiger partial charge in [-0.2, -0.15) is 18.4 Å². The summed E-state index contributed by atoms with van der Waals surface area (Å²) in [5.41, 5.74) is 0.731. The molecule has 3 heterocycles. The van der Waals surface area contributed by atoms with Crippen molar-refractivity contribution in [2.75, 3.05) is 11.4 Å². The summed E-state index contributed by atoms with van der Waals surface area (Å²) < 4.78 is 46.1. The molecule has 34 heavy (non-hydrogen) atoms. The van der Waals surface area contributed by atoms with E-state index in [1.807, 2.05) is 6.07 Å². The Labute approximate surface area is 199 Å². The number of tetrazole rings is 1. The van der Waals surface area contributed by atoms with Crippen molar-refractivity contribution >= 4 is 33.7 Å². The van der Waals surface area contributed by atoms with E-state index < -0.39 is 30.3 Å². The smallest absolute Gasteiger partial charge is 0.445 e. The molecule has 4 rings (SSSR count). The lowest BCUT2D eigenvalue weighted by atomic mass is 10.1. The molecule has 1 saturated heterocycles. The number of aromatic amines is 1. The number of likely N-dealkylation sites (tertiary alicyclic amines) is 1. The Morgan fingerprint density at radius 2 is 1.94 bits per heavy atom. The Bertz CT molecular complexity index is 1150. The first-order chi connectivity index (χ1) is 16.2. The van der Waals surface area contributed by atoms with Crippen LogP contribution in [0.2, 0.25) is 0 Å². The number of nitrogens with zero attached hydrogens (tertiary/aromatic N) is 6. The number of carbonyl (C=O) groups is 2. The summed E-state index contributed by atoms with van der Waals surface area (Å²) >= 11 is 3.11. The second-order valence-electron chi connectivity index (χ2n) is 7.36. The van der Waals surface area contributed by atoms with E-state index >= 15 is 0 Å². The number of nitrogens with one attached hydrogen (secondary N) is 1. The molecule has 1 fully saturated rings. The quantitative estimate of drug-likeness (QED) is 0.493. The van der Waals surface area contributed by atoms with E-state index in [-0.39, 0.29) is 35.8 Å². The molecule has 3 aromatic rings. The highest BCUT2D eigenvalue weighted by Crippen LogP contribution is 2.36. The first-order valence-electron chi connectivity index (χ1n) is 9.97. The van der Waals surface area contributed by atoms with Crippen molar-refractivity contribution in [1.82, 2.24) is 30.5 Å². The molecule has 0 radical (unpaired) electrons. The Balaban J connectivity index is 1.63. The summed E-state index contributed by atoms with van der Waals surface area (Å²) in [5, 5.41) is 13.5. The first-order valence-corrected chi connectivity index (χ1v) is 10.8. The van der Waals surface area contributed by atoms with Crippen molar-refractivity contribution in [3.05, 3.63) is 64.5 Å². The van der Waals surface area contributed by atoms with Crippen LogP contribution in [0, 0.1) is 0 Å². The molecule has 14 heteroatoms. The van der Waals surface area contributed by atoms with Gasteiger partial charge in [-0.05, 0) is 40.0 Å². The van der Waals surface area contributed by atoms with Gasteiger partial charge in [-0.15, -0.1) is 10.2 Å². The Kier molecular flexibility index (Phi) is 6.77. The summed E-state index contributed by atoms with van der Waals surface area (Å²) in [6.07, 6.45) is -6.04. The molecule has 1 N–H and O–H groups in total. The SMILES string of the molecule is O=C(OCc1ccccc1)N1C[C@@H](N(C(=O)C(F)(F)F)c2cccc(Br)n2)C[C@H]1c1nn[nH]n1. The van der Waals surface area contributed by atoms with Gasteiger partial charge in [0.1, 0.15) is 23.1 Å². The van der Waals surface area contributed by atoms with Gasteiger partial charge < -0.3 is 4.74 Å². The number of pyridine rings is 1. The maximum atomic E-state index is 13.5. The van der Waals surface area contributed by atoms with Crippen molar-refractivity contribution in [2.45, 2.75) is 31.3 Å². The molecule has 2 atom stereocenters. The molecule has 2 amide bonds. The second-order valence-corrected chi connectivity index (χ2v) is 8.17. The van der Waals surface area contributed by atoms with Gasteiger partial charge in [-0.1, -0.05) is 41.6 Å². The zero-order valence-corrected chi connectivity index (χ0v) is 18.9. The molecule has 178 valence electrons. The molecule has 0 unspecified atom stereocenters. The molecule has 2 aromatic heterocycles. The maximum Gasteiger partial charge on any atom is 0.471 e. The van der Waals surface area contributed by atoms with Gasteiger partial charge in [0.2, 0.25) is 0 Å². The molecule has 0 bridgehead atoms. The van der Waals surface area contributed by atoms with Gasteiger partial charge in [-0.25, -0.2) is 9.78 Å². The third-order valence-electron chi connectivity index (χ3n) is 5.15. The number of halogens is 4. The topological polar surface area (TPSA) is 117 Å². The number of hydrogen-bond acceptors (Lipinski definition) is 7. The second kappa shape index (κ2) is 9.75. The predicted molar refractivity (Wildman–Crippen MR) is 114 cm³/mol. The van der Waals surface area contributed by atoms with E-state index in [0.29, 0.717) is 4.90 Å². The summed E-state index contributed by atoms with van der Waals surface area (Å²) in [4.78, 5) is 31.1. The molecule has 1 aliphatic rings. The normalized spacial score (nSPS) is 18.1. The standard InChI is InChI=1S/C20H17BrF3N7O3/c21-15-7-4-8-16(25-15)31(18(32)20(22,23)24)13-9-14(17-26-28-29-27-17)30(10-13)19(33)34-11-12-5-2-1-3-6-12/h1-8,13-14H,9-11H2,(H,26,27,28,29)/t13-,14-/m0/s1. The first kappa shape index (κ1) is 23.6. The molecule has 10 nitrogen and oxygen atoms in total. The fourth-order valence-corrected chi connectivity index (χ4v) is 4.02. The Morgan fingerprint density at radius 3 is 2.59 bits per heavy atom. The minimum atomic E-state index is -5.16. The number of aromatic nitrogens is 5. The maximum absolute atomic E-state index is 13.5. The minimum absolute atomic E-state index is 0.0435. The number of amides is 2. The molecule has 1 aliphatic heterocycles. The van der Waals surface area contributed by atoms with E-state index in [1.54, 1.807) is 24.3 Å². The van der Waals surface area contributed by atoms with Crippen molar-refractivity contribution in [3.8, 4) is 0 Å². The molecule has 1 aromatic carbocycles. The number of ether oxygens (including phenoxy) is 1. The van der Waals surface area contributed by atoms with E-state index in [9.17, 15) is 22.8 Å². The number of benzene rings is 1. The molecule has 0 saturated carbocycles. The summed E-state index contributed by atoms with van der Waals surface area (Å²) in [6.45, 7) is -0.305. The van der Waals surface area contributed by atoms with Crippen LogP contribution in [0.5, 0.6) is 0 Å². The van der Waals surface area contributed by atoms with Gasteiger partial charge in [0.05, 0.1) is 6.04 Å². The average Bonchev–Trinajstić information content (AvgIpc) is 3.48. The lowest BCUT2D eigenvalue weighted by molar-refractivity contribution is -0.171. The van der Waals surface area contributed by atoms with Crippen LogP contribution in [-0.4, -0.2) is 61.3 Å². The average molecular weight is 540 g/mol. The highest BCUT2D eigenvalue weighted by Gasteiger charge is 2.50. The van der Waals surface area contributed by atoms with E-state index in [0.717, 1.165) is 5.56 Å². The molecular formula is C20H17BrF3N7O3. The summed E-state index contributed by atoms with van der Waals surface area (Å²) in [6, 6.07) is 11.2. The van der Waals surface area contributed by atoms with Crippen LogP contribution in [0.1, 0.15) is 23.9 Å². The number of H-pyrrole nitrogens is 1. The van der Waals surface area contributed by atoms with Crippen LogP contribution in [-0.2, 0) is 16.1 Å². The highest BCUT2D eigenvalue weighted by molar-refractivity contribution is 9.10. The van der Waals surface area contributed by atoms with Gasteiger partial charge in [-0.3, -0.25) is 14.6 Å². The zero-order chi connectivity index (χ0) is 24.3. The lowest BCUT2D eigenvalue weighted by Crippen LogP contribution is -2.49. The number of carbonyl (C=O) groups excluding carboxylic acids is 2. The molecular weight excluding hydrogens is 523 g/mol. The minimum Gasteiger partial charge on any atom is -0.445 e. The highest BCUT2D eigenvalue weighted by atomic mass is 79.9. The fourth-order valence-electron chi connectivity index (χ4n) is 3.69. The van der Waals surface area contributed by atoms with Gasteiger partial charge in [0.15, 0.2) is 5.82 Å². The van der Waals surface area contributed by atoms with Gasteiger partial charge in [0.25, 0.3) is 0 Å². The van der Waals surface area contributed by atoms with E-state index in [1.165, 1.54) is 23.1 Å². The molecule has 0 spiro atoms. The summed E-state index contributed by atoms with van der Waals surface area (Å²) in [7, 11) is 0. The molecule has 0 aliphatic carbocycles. The third kappa shape index (κ3) is 5.16. The van der Waals surface area contributed by atoms with Crippen molar-refractivity contribution in [3.63, 3.8) is 0 Å². The lowest BCUT2D eigenvalue weighted by Gasteiger charge is -2.28. The van der Waals surface area contributed by atoms with E-state index in [4.69, 9.17) is 4.74 Å². The van der Waals surface area contributed by atoms with Crippen LogP contribution in [0.25, 0.3) is 0 Å². The van der Waals surface area contributed by atoms with Crippen molar-refractivity contribution < 1.29 is 27.5 Å². The monoisotopic (exact) mass is 539 g/mol. The number of alkyl halides is 3. The van der Waals surface area contributed by atoms with Crippen molar-refractivity contribution in [1.29, 1.82) is 0 Å². The van der Waals surface area contributed by atoms with E-state index in [2.05, 4.69) is 41.5 Å². The van der Waals surface area contributed by atoms with Crippen LogP contribution < -0.4 is 4.90 Å². The van der Waals surface area contributed by atoms with Crippen LogP contribution >= 0.6 is 15.9 Å². The largest absolute Gasteiger partial charge is 0.471 e. The van der Waals surface area contributed by atoms with Crippen LogP contribution in [0.3, 0.4) is 0 Å². The Hall–Kier alpha value is -3.55. The third-order valence-corrected chi connectivity index (χ3v) is 5.59. The van der Waals surface area contributed by atoms with Gasteiger partial charge in [0, 0.05) is 6.54 Å². The van der Waals surface area contributed by atoms with Crippen LogP contribution in [0.4, 0.5) is 23.8 Å². The number of rotatable bonds is 5. The fraction of sp³-hybridized carbons (Fsp3) is 0.300. The Morgan fingerprint density at radius 1 is 1.18 bits per heavy atom.